The molecule has 7 aliphatic rings. The number of rotatable bonds is 5. The minimum Gasteiger partial charge on any atom is -0.458 e. The van der Waals surface area contributed by atoms with Gasteiger partial charge in [0.15, 0.2) is 11.7 Å². The lowest BCUT2D eigenvalue weighted by atomic mass is 9.53. The van der Waals surface area contributed by atoms with Gasteiger partial charge in [-0.15, -0.1) is 0 Å². The number of fused-ring (bicyclic) bond motifs is 4. The number of epoxide rings is 3. The van der Waals surface area contributed by atoms with E-state index in [0.717, 1.165) is 29.7 Å². The zero-order valence-corrected chi connectivity index (χ0v) is 20.9. The van der Waals surface area contributed by atoms with Gasteiger partial charge in [0.05, 0.1) is 6.10 Å². The van der Waals surface area contributed by atoms with E-state index in [1.165, 1.54) is 0 Å². The number of ether oxygens (including phenoxy) is 5. The van der Waals surface area contributed by atoms with E-state index in [-0.39, 0.29) is 54.5 Å². The third kappa shape index (κ3) is 2.47. The zero-order chi connectivity index (χ0) is 24.6. The van der Waals surface area contributed by atoms with Crippen molar-refractivity contribution in [1.29, 1.82) is 0 Å². The maximum absolute atomic E-state index is 13.2. The predicted molar refractivity (Wildman–Crippen MR) is 126 cm³/mol. The minimum absolute atomic E-state index is 0.0246. The van der Waals surface area contributed by atoms with Gasteiger partial charge in [0, 0.05) is 22.2 Å². The van der Waals surface area contributed by atoms with Gasteiger partial charge in [-0.05, 0) is 60.9 Å². The van der Waals surface area contributed by atoms with Crippen LogP contribution in [0.3, 0.4) is 0 Å². The second-order valence-corrected chi connectivity index (χ2v) is 12.0. The van der Waals surface area contributed by atoms with Crippen molar-refractivity contribution in [3.63, 3.8) is 0 Å². The van der Waals surface area contributed by atoms with Crippen molar-refractivity contribution in [2.24, 2.45) is 17.8 Å². The molecule has 1 aromatic carbocycles. The van der Waals surface area contributed by atoms with Crippen molar-refractivity contribution in [3.05, 3.63) is 40.4 Å². The van der Waals surface area contributed by atoms with E-state index < -0.39 is 22.9 Å². The lowest BCUT2D eigenvalue weighted by molar-refractivity contribution is -0.163. The molecule has 3 aliphatic carbocycles. The standard InChI is InChI=1S/C27H28ClNO7/c1-12(2)25-21(35-25)22-26(36-22)18-8-7-15-17(11-32-23(15)31)16(18)9-19-27(26,34-19)24(25)33-20(30)10-29-14-5-3-13(28)4-6-14/h3-6,12,16,18-19,21-22,24,29H,7-11H2,1-2H3/t16-,18-,19-,21-,22-,24+,25-,26-,27+/m0/s1. The van der Waals surface area contributed by atoms with E-state index in [0.29, 0.717) is 18.1 Å². The van der Waals surface area contributed by atoms with Crippen LogP contribution in [0.25, 0.3) is 0 Å². The summed E-state index contributed by atoms with van der Waals surface area (Å²) >= 11 is 5.97. The first-order chi connectivity index (χ1) is 17.3. The summed E-state index contributed by atoms with van der Waals surface area (Å²) in [6.45, 7) is 4.62. The van der Waals surface area contributed by atoms with Gasteiger partial charge < -0.3 is 29.0 Å². The maximum Gasteiger partial charge on any atom is 0.334 e. The number of halogens is 1. The summed E-state index contributed by atoms with van der Waals surface area (Å²) in [7, 11) is 0. The normalized spacial score (nSPS) is 46.4. The van der Waals surface area contributed by atoms with Gasteiger partial charge in [-0.2, -0.15) is 0 Å². The number of carbonyl (C=O) groups is 2. The van der Waals surface area contributed by atoms with Crippen LogP contribution < -0.4 is 5.32 Å². The highest BCUT2D eigenvalue weighted by atomic mass is 35.5. The topological polar surface area (TPSA) is 102 Å². The molecule has 9 atom stereocenters. The van der Waals surface area contributed by atoms with Gasteiger partial charge in [0.1, 0.15) is 36.6 Å². The summed E-state index contributed by atoms with van der Waals surface area (Å²) in [5.74, 6) is -0.00935. The molecule has 36 heavy (non-hydrogen) atoms. The first-order valence-electron chi connectivity index (χ1n) is 12.9. The molecule has 9 heteroatoms. The van der Waals surface area contributed by atoms with Gasteiger partial charge in [0.2, 0.25) is 0 Å². The van der Waals surface area contributed by atoms with E-state index >= 15 is 0 Å². The molecule has 0 bridgehead atoms. The van der Waals surface area contributed by atoms with Gasteiger partial charge in [0.25, 0.3) is 0 Å². The van der Waals surface area contributed by atoms with Gasteiger partial charge in [-0.3, -0.25) is 4.79 Å². The van der Waals surface area contributed by atoms with Crippen molar-refractivity contribution < 1.29 is 33.3 Å². The summed E-state index contributed by atoms with van der Waals surface area (Å²) in [4.78, 5) is 25.4. The Morgan fingerprint density at radius 1 is 1.17 bits per heavy atom. The minimum atomic E-state index is -0.701. The molecule has 0 aromatic heterocycles. The molecule has 8 rings (SSSR count). The first kappa shape index (κ1) is 21.9. The second kappa shape index (κ2) is 6.84. The molecule has 0 unspecified atom stereocenters. The Bertz CT molecular complexity index is 1230. The molecule has 190 valence electrons. The van der Waals surface area contributed by atoms with E-state index in [1.807, 2.05) is 12.1 Å². The summed E-state index contributed by atoms with van der Waals surface area (Å²) in [5.41, 5.74) is 0.923. The van der Waals surface area contributed by atoms with E-state index in [4.69, 9.17) is 35.3 Å². The van der Waals surface area contributed by atoms with Crippen molar-refractivity contribution in [2.45, 2.75) is 74.3 Å². The van der Waals surface area contributed by atoms with Crippen LogP contribution in [0.5, 0.6) is 0 Å². The first-order valence-corrected chi connectivity index (χ1v) is 13.3. The fraction of sp³-hybridized carbons (Fsp3) is 0.630. The fourth-order valence-electron chi connectivity index (χ4n) is 8.30. The lowest BCUT2D eigenvalue weighted by Gasteiger charge is -2.47. The predicted octanol–water partition coefficient (Wildman–Crippen LogP) is 3.03. The molecular weight excluding hydrogens is 486 g/mol. The highest BCUT2D eigenvalue weighted by Crippen LogP contribution is 2.80. The van der Waals surface area contributed by atoms with Gasteiger partial charge in [-0.25, -0.2) is 4.79 Å². The number of benzene rings is 1. The van der Waals surface area contributed by atoms with Gasteiger partial charge in [-0.1, -0.05) is 25.4 Å². The van der Waals surface area contributed by atoms with Crippen LogP contribution in [-0.2, 0) is 33.3 Å². The number of cyclic esters (lactones) is 1. The van der Waals surface area contributed by atoms with Crippen molar-refractivity contribution in [2.75, 3.05) is 18.5 Å². The van der Waals surface area contributed by atoms with Crippen LogP contribution in [0.4, 0.5) is 5.69 Å². The molecule has 4 aliphatic heterocycles. The van der Waals surface area contributed by atoms with Crippen molar-refractivity contribution in [1.82, 2.24) is 0 Å². The number of hydrogen-bond acceptors (Lipinski definition) is 8. The second-order valence-electron chi connectivity index (χ2n) is 11.6. The number of esters is 2. The van der Waals surface area contributed by atoms with Crippen LogP contribution in [0.15, 0.2) is 35.4 Å². The molecule has 1 N–H and O–H groups in total. The third-order valence-corrected chi connectivity index (χ3v) is 10.2. The van der Waals surface area contributed by atoms with Crippen molar-refractivity contribution >= 4 is 29.2 Å². The lowest BCUT2D eigenvalue weighted by Crippen LogP contribution is -2.67. The molecule has 4 heterocycles. The van der Waals surface area contributed by atoms with Crippen LogP contribution in [0.2, 0.25) is 5.02 Å². The molecule has 0 radical (unpaired) electrons. The highest BCUT2D eigenvalue weighted by molar-refractivity contribution is 6.30. The SMILES string of the molecule is CC(C)[C@]12O[C@H]1[C@@H]1O[C@@]13[C@H]1CCC4=C(COC4=O)[C@@H]1C[C@@H]1O[C@@]13[C@@H]2OC(=O)CNc1ccc(Cl)cc1. The van der Waals surface area contributed by atoms with E-state index in [9.17, 15) is 9.59 Å². The van der Waals surface area contributed by atoms with E-state index in [2.05, 4.69) is 19.2 Å². The van der Waals surface area contributed by atoms with Crippen LogP contribution in [-0.4, -0.2) is 66.3 Å². The number of nitrogens with one attached hydrogen (secondary N) is 1. The Hall–Kier alpha value is -2.13. The summed E-state index contributed by atoms with van der Waals surface area (Å²) in [6, 6.07) is 7.20. The van der Waals surface area contributed by atoms with E-state index in [1.54, 1.807) is 12.1 Å². The van der Waals surface area contributed by atoms with Crippen LogP contribution >= 0.6 is 11.6 Å². The van der Waals surface area contributed by atoms with Crippen LogP contribution in [0.1, 0.15) is 33.1 Å². The molecule has 3 saturated heterocycles. The Labute approximate surface area is 213 Å². The molecule has 8 nitrogen and oxygen atoms in total. The summed E-state index contributed by atoms with van der Waals surface area (Å²) in [6.07, 6.45) is 1.49. The smallest absolute Gasteiger partial charge is 0.334 e. The highest BCUT2D eigenvalue weighted by Gasteiger charge is 2.99. The molecular formula is C27H28ClNO7. The number of carbonyl (C=O) groups excluding carboxylic acids is 2. The largest absolute Gasteiger partial charge is 0.458 e. The maximum atomic E-state index is 13.2. The summed E-state index contributed by atoms with van der Waals surface area (Å²) in [5, 5.41) is 3.76. The van der Waals surface area contributed by atoms with Crippen LogP contribution in [0, 0.1) is 17.8 Å². The van der Waals surface area contributed by atoms with Crippen molar-refractivity contribution in [3.8, 4) is 0 Å². The molecule has 1 aromatic rings. The Morgan fingerprint density at radius 3 is 2.75 bits per heavy atom. The molecule has 2 saturated carbocycles. The number of anilines is 1. The van der Waals surface area contributed by atoms with Gasteiger partial charge >= 0.3 is 11.9 Å². The third-order valence-electron chi connectivity index (χ3n) is 9.93. The number of hydrogen-bond donors (Lipinski definition) is 1. The fourth-order valence-corrected chi connectivity index (χ4v) is 8.42. The monoisotopic (exact) mass is 513 g/mol. The Kier molecular flexibility index (Phi) is 4.16. The quantitative estimate of drug-likeness (QED) is 0.473. The molecule has 5 fully saturated rings. The zero-order valence-electron chi connectivity index (χ0n) is 20.1. The average molecular weight is 514 g/mol. The average Bonchev–Trinajstić information content (AvgIpc) is 3.77. The molecule has 0 amide bonds. The Morgan fingerprint density at radius 2 is 1.97 bits per heavy atom. The molecule has 2 spiro atoms. The summed E-state index contributed by atoms with van der Waals surface area (Å²) < 4.78 is 31.3. The Balaban J connectivity index is 1.10.